The van der Waals surface area contributed by atoms with Crippen molar-refractivity contribution in [1.82, 2.24) is 5.01 Å². The molecule has 1 saturated carbocycles. The highest BCUT2D eigenvalue weighted by molar-refractivity contribution is 6.58. The van der Waals surface area contributed by atoms with E-state index in [2.05, 4.69) is 5.43 Å². The summed E-state index contributed by atoms with van der Waals surface area (Å²) in [6, 6.07) is 33.7. The lowest BCUT2D eigenvalue weighted by molar-refractivity contribution is -0.138. The number of rotatable bonds is 6. The molecule has 4 N–H and O–H groups in total. The number of fused-ring (bicyclic) bond motifs is 5. The Labute approximate surface area is 311 Å². The van der Waals surface area contributed by atoms with Crippen LogP contribution in [0, 0.1) is 30.6 Å². The highest BCUT2D eigenvalue weighted by atomic mass is 16.4. The number of benzene rings is 5. The van der Waals surface area contributed by atoms with Crippen LogP contribution in [0.25, 0.3) is 10.8 Å². The number of imide groups is 2. The van der Waals surface area contributed by atoms with Gasteiger partial charge in [-0.2, -0.15) is 5.01 Å². The molecule has 9 rings (SSSR count). The van der Waals surface area contributed by atoms with E-state index < -0.39 is 65.8 Å². The lowest BCUT2D eigenvalue weighted by Crippen LogP contribution is -2.53. The summed E-state index contributed by atoms with van der Waals surface area (Å²) in [6.07, 6.45) is 2.25. The molecule has 2 aliphatic carbocycles. The predicted octanol–water partition coefficient (Wildman–Crippen LogP) is 4.72. The van der Waals surface area contributed by atoms with Crippen LogP contribution in [-0.4, -0.2) is 50.9 Å². The summed E-state index contributed by atoms with van der Waals surface area (Å²) in [6.45, 7) is 1.95. The molecular formula is C43H36BN3O7. The number of hydrogen-bond donors (Lipinski definition) is 4. The van der Waals surface area contributed by atoms with Gasteiger partial charge in [0.1, 0.15) is 5.75 Å². The maximum Gasteiger partial charge on any atom is 0.488 e. The standard InChI is InChI=1S/C43H36BN3O7/c1-24-14-17-28(18-15-24)45-47-40(50)34-23-33-31(19-20-32-36(33)41(51)46(39(32)49)29-12-7-11-27(22-29)44(53)54)38(43(34,42(47)52)26-9-3-2-4-10-26)37-30-13-6-5-8-25(30)16-21-35(37)48/h2-19,21-22,32-34,36,38,45,48,53-54H,20,23H2,1H3. The maximum atomic E-state index is 15.5. The van der Waals surface area contributed by atoms with Gasteiger partial charge in [0.25, 0.3) is 11.8 Å². The second-order valence-corrected chi connectivity index (χ2v) is 14.8. The highest BCUT2D eigenvalue weighted by Gasteiger charge is 2.70. The Bertz CT molecular complexity index is 2420. The number of aromatic hydroxyl groups is 1. The topological polar surface area (TPSA) is 147 Å². The molecule has 0 bridgehead atoms. The fourth-order valence-corrected chi connectivity index (χ4v) is 9.73. The number of aryl methyl sites for hydroxylation is 1. The third-order valence-electron chi connectivity index (χ3n) is 12.1. The highest BCUT2D eigenvalue weighted by Crippen LogP contribution is 2.65. The van der Waals surface area contributed by atoms with Crippen molar-refractivity contribution in [3.05, 3.63) is 144 Å². The molecule has 5 aromatic rings. The van der Waals surface area contributed by atoms with Crippen LogP contribution in [0.5, 0.6) is 5.75 Å². The number of nitrogens with zero attached hydrogens (tertiary/aromatic N) is 2. The molecule has 2 heterocycles. The monoisotopic (exact) mass is 717 g/mol. The third-order valence-corrected chi connectivity index (χ3v) is 12.1. The van der Waals surface area contributed by atoms with Crippen LogP contribution in [0.4, 0.5) is 11.4 Å². The van der Waals surface area contributed by atoms with Crippen LogP contribution >= 0.6 is 0 Å². The van der Waals surface area contributed by atoms with E-state index in [0.29, 0.717) is 22.2 Å². The number of allylic oxidation sites excluding steroid dienone is 2. The Morgan fingerprint density at radius 3 is 2.28 bits per heavy atom. The molecule has 4 aliphatic rings. The van der Waals surface area contributed by atoms with Crippen molar-refractivity contribution >= 4 is 58.4 Å². The van der Waals surface area contributed by atoms with Gasteiger partial charge in [-0.3, -0.25) is 29.5 Å². The van der Waals surface area contributed by atoms with Gasteiger partial charge in [-0.15, -0.1) is 0 Å². The minimum absolute atomic E-state index is 0.0450. The quantitative estimate of drug-likeness (QED) is 0.112. The van der Waals surface area contributed by atoms with Crippen LogP contribution in [0.1, 0.15) is 35.4 Å². The number of phenols is 1. The average molecular weight is 718 g/mol. The summed E-state index contributed by atoms with van der Waals surface area (Å²) in [5.41, 5.74) is 5.30. The second kappa shape index (κ2) is 12.5. The molecule has 268 valence electrons. The minimum atomic E-state index is -1.80. The second-order valence-electron chi connectivity index (χ2n) is 14.8. The first kappa shape index (κ1) is 33.8. The number of anilines is 2. The Hall–Kier alpha value is -6.04. The number of phenolic OH excluding ortho intramolecular Hbond substituents is 1. The van der Waals surface area contributed by atoms with Crippen LogP contribution < -0.4 is 15.8 Å². The van der Waals surface area contributed by atoms with Gasteiger partial charge in [-0.1, -0.05) is 102 Å². The van der Waals surface area contributed by atoms with Gasteiger partial charge < -0.3 is 15.2 Å². The first-order valence-electron chi connectivity index (χ1n) is 18.1. The lowest BCUT2D eigenvalue weighted by Gasteiger charge is -2.51. The Balaban J connectivity index is 1.27. The molecule has 11 heteroatoms. The Morgan fingerprint density at radius 2 is 1.52 bits per heavy atom. The van der Waals surface area contributed by atoms with E-state index >= 15 is 4.79 Å². The molecule has 54 heavy (non-hydrogen) atoms. The number of carbonyl (C=O) groups excluding carboxylic acids is 4. The molecule has 10 nitrogen and oxygen atoms in total. The molecule has 3 fully saturated rings. The van der Waals surface area contributed by atoms with Crippen molar-refractivity contribution in [2.75, 3.05) is 10.3 Å². The van der Waals surface area contributed by atoms with Gasteiger partial charge in [0.15, 0.2) is 0 Å². The van der Waals surface area contributed by atoms with Crippen LogP contribution in [0.15, 0.2) is 127 Å². The summed E-state index contributed by atoms with van der Waals surface area (Å²) in [4.78, 5) is 60.4. The predicted molar refractivity (Wildman–Crippen MR) is 203 cm³/mol. The van der Waals surface area contributed by atoms with E-state index in [1.54, 1.807) is 30.3 Å². The van der Waals surface area contributed by atoms with Crippen molar-refractivity contribution in [2.45, 2.75) is 31.1 Å². The zero-order chi connectivity index (χ0) is 37.5. The van der Waals surface area contributed by atoms with Gasteiger partial charge >= 0.3 is 7.12 Å². The maximum absolute atomic E-state index is 15.5. The molecule has 2 aliphatic heterocycles. The SMILES string of the molecule is Cc1ccc(NN2C(=O)C3CC4C(=CCC5C(=O)N(c6cccc(B(O)O)c6)C(=O)C54)C(c4c(O)ccc5ccccc45)C3(c3ccccc3)C2=O)cc1. The zero-order valence-electron chi connectivity index (χ0n) is 29.3. The van der Waals surface area contributed by atoms with E-state index in [0.717, 1.165) is 26.4 Å². The van der Waals surface area contributed by atoms with Gasteiger partial charge in [-0.25, -0.2) is 0 Å². The zero-order valence-corrected chi connectivity index (χ0v) is 29.3. The van der Waals surface area contributed by atoms with E-state index in [1.165, 1.54) is 12.1 Å². The van der Waals surface area contributed by atoms with E-state index in [4.69, 9.17) is 0 Å². The van der Waals surface area contributed by atoms with Crippen molar-refractivity contribution in [3.63, 3.8) is 0 Å². The fraction of sp³-hybridized carbons (Fsp3) is 0.209. The Kier molecular flexibility index (Phi) is 7.84. The third kappa shape index (κ3) is 4.81. The molecule has 0 aromatic heterocycles. The minimum Gasteiger partial charge on any atom is -0.508 e. The van der Waals surface area contributed by atoms with Gasteiger partial charge in [0.05, 0.1) is 34.5 Å². The molecule has 6 unspecified atom stereocenters. The van der Waals surface area contributed by atoms with E-state index in [1.807, 2.05) is 85.8 Å². The molecular weight excluding hydrogens is 681 g/mol. The van der Waals surface area contributed by atoms with Crippen molar-refractivity contribution in [1.29, 1.82) is 0 Å². The summed E-state index contributed by atoms with van der Waals surface area (Å²) in [7, 11) is -1.80. The molecule has 6 atom stereocenters. The first-order valence-corrected chi connectivity index (χ1v) is 18.1. The smallest absolute Gasteiger partial charge is 0.488 e. The summed E-state index contributed by atoms with van der Waals surface area (Å²) in [5.74, 6) is -5.98. The largest absolute Gasteiger partial charge is 0.508 e. The number of amides is 4. The molecule has 5 aromatic carbocycles. The van der Waals surface area contributed by atoms with Crippen molar-refractivity contribution in [2.24, 2.45) is 23.7 Å². The van der Waals surface area contributed by atoms with Crippen LogP contribution in [-0.2, 0) is 24.6 Å². The van der Waals surface area contributed by atoms with Crippen molar-refractivity contribution < 1.29 is 34.3 Å². The average Bonchev–Trinajstić information content (AvgIpc) is 3.57. The molecule has 0 radical (unpaired) electrons. The first-order chi connectivity index (χ1) is 26.1. The lowest BCUT2D eigenvalue weighted by atomic mass is 9.48. The van der Waals surface area contributed by atoms with E-state index in [9.17, 15) is 29.5 Å². The summed E-state index contributed by atoms with van der Waals surface area (Å²) in [5, 5.41) is 34.3. The number of hydrogen-bond acceptors (Lipinski definition) is 8. The van der Waals surface area contributed by atoms with Gasteiger partial charge in [-0.05, 0) is 77.8 Å². The summed E-state index contributed by atoms with van der Waals surface area (Å²) < 4.78 is 0. The molecule has 2 saturated heterocycles. The van der Waals surface area contributed by atoms with E-state index in [-0.39, 0.29) is 29.7 Å². The molecule has 4 amide bonds. The fourth-order valence-electron chi connectivity index (χ4n) is 9.73. The van der Waals surface area contributed by atoms with Crippen LogP contribution in [0.2, 0.25) is 0 Å². The van der Waals surface area contributed by atoms with Crippen LogP contribution in [0.3, 0.4) is 0 Å². The number of hydrazine groups is 1. The van der Waals surface area contributed by atoms with Gasteiger partial charge in [0, 0.05) is 11.5 Å². The number of carbonyl (C=O) groups is 4. The molecule has 0 spiro atoms. The van der Waals surface area contributed by atoms with Crippen molar-refractivity contribution in [3.8, 4) is 5.75 Å². The van der Waals surface area contributed by atoms with Gasteiger partial charge in [0.2, 0.25) is 11.8 Å². The Morgan fingerprint density at radius 1 is 0.778 bits per heavy atom. The number of nitrogens with one attached hydrogen (secondary N) is 1. The summed E-state index contributed by atoms with van der Waals surface area (Å²) >= 11 is 0. The normalized spacial score (nSPS) is 26.1.